The van der Waals surface area contributed by atoms with Gasteiger partial charge in [0.25, 0.3) is 0 Å². The summed E-state index contributed by atoms with van der Waals surface area (Å²) in [6.07, 6.45) is 5.71. The number of rotatable bonds is 5. The quantitative estimate of drug-likeness (QED) is 0.811. The lowest BCUT2D eigenvalue weighted by Crippen LogP contribution is -2.38. The molecule has 1 aromatic rings. The zero-order chi connectivity index (χ0) is 13.0. The molecule has 0 atom stereocenters. The Hall–Kier alpha value is -1.09. The third-order valence-corrected chi connectivity index (χ3v) is 3.74. The van der Waals surface area contributed by atoms with E-state index in [1.165, 1.54) is 24.8 Å². The Morgan fingerprint density at radius 3 is 2.78 bits per heavy atom. The van der Waals surface area contributed by atoms with Crippen LogP contribution in [0.2, 0.25) is 0 Å². The first-order valence-electron chi connectivity index (χ1n) is 7.07. The lowest BCUT2D eigenvalue weighted by atomic mass is 10.0. The second-order valence-corrected chi connectivity index (χ2v) is 5.77. The molecule has 100 valence electrons. The fourth-order valence-electron chi connectivity index (χ4n) is 2.62. The molecule has 1 N–H and O–H groups in total. The first-order chi connectivity index (χ1) is 8.63. The van der Waals surface area contributed by atoms with Gasteiger partial charge in [-0.3, -0.25) is 0 Å². The highest BCUT2D eigenvalue weighted by Crippen LogP contribution is 2.32. The van der Waals surface area contributed by atoms with Crippen LogP contribution < -0.4 is 10.2 Å². The standard InChI is InChI=1S/C15H25N3/c1-4-9-16-11-13-6-7-14(17-12-13)18-10-5-8-15(18,2)3/h6-7,12,16H,4-5,8-11H2,1-3H3. The van der Waals surface area contributed by atoms with Gasteiger partial charge in [0, 0.05) is 24.8 Å². The molecule has 1 saturated heterocycles. The Kier molecular flexibility index (Phi) is 4.23. The van der Waals surface area contributed by atoms with Crippen molar-refractivity contribution in [2.45, 2.75) is 52.1 Å². The molecule has 0 spiro atoms. The number of anilines is 1. The van der Waals surface area contributed by atoms with Gasteiger partial charge < -0.3 is 10.2 Å². The molecule has 1 fully saturated rings. The lowest BCUT2D eigenvalue weighted by molar-refractivity contribution is 0.514. The van der Waals surface area contributed by atoms with Crippen molar-refractivity contribution in [2.75, 3.05) is 18.0 Å². The maximum absolute atomic E-state index is 4.62. The van der Waals surface area contributed by atoms with E-state index < -0.39 is 0 Å². The summed E-state index contributed by atoms with van der Waals surface area (Å²) < 4.78 is 0. The maximum atomic E-state index is 4.62. The zero-order valence-electron chi connectivity index (χ0n) is 11.9. The van der Waals surface area contributed by atoms with Gasteiger partial charge in [0.15, 0.2) is 0 Å². The predicted octanol–water partition coefficient (Wildman–Crippen LogP) is 2.96. The molecular formula is C15H25N3. The van der Waals surface area contributed by atoms with E-state index in [-0.39, 0.29) is 5.54 Å². The van der Waals surface area contributed by atoms with E-state index >= 15 is 0 Å². The van der Waals surface area contributed by atoms with Gasteiger partial charge in [0.2, 0.25) is 0 Å². The third-order valence-electron chi connectivity index (χ3n) is 3.74. The average molecular weight is 247 g/mol. The van der Waals surface area contributed by atoms with Crippen molar-refractivity contribution in [3.8, 4) is 0 Å². The van der Waals surface area contributed by atoms with Gasteiger partial charge >= 0.3 is 0 Å². The molecule has 0 aromatic carbocycles. The second-order valence-electron chi connectivity index (χ2n) is 5.77. The number of aromatic nitrogens is 1. The smallest absolute Gasteiger partial charge is 0.128 e. The number of pyridine rings is 1. The molecule has 1 aromatic heterocycles. The molecule has 18 heavy (non-hydrogen) atoms. The van der Waals surface area contributed by atoms with Gasteiger partial charge in [-0.25, -0.2) is 4.98 Å². The largest absolute Gasteiger partial charge is 0.352 e. The van der Waals surface area contributed by atoms with Gasteiger partial charge in [-0.05, 0) is 51.3 Å². The van der Waals surface area contributed by atoms with Gasteiger partial charge in [0.1, 0.15) is 5.82 Å². The van der Waals surface area contributed by atoms with Crippen LogP contribution in [0.3, 0.4) is 0 Å². The molecule has 0 radical (unpaired) electrons. The van der Waals surface area contributed by atoms with E-state index in [0.29, 0.717) is 0 Å². The van der Waals surface area contributed by atoms with Crippen molar-refractivity contribution < 1.29 is 0 Å². The van der Waals surface area contributed by atoms with Crippen LogP contribution >= 0.6 is 0 Å². The average Bonchev–Trinajstić information content (AvgIpc) is 2.70. The second kappa shape index (κ2) is 5.70. The van der Waals surface area contributed by atoms with Gasteiger partial charge in [-0.1, -0.05) is 13.0 Å². The molecule has 3 nitrogen and oxygen atoms in total. The minimum absolute atomic E-state index is 0.259. The van der Waals surface area contributed by atoms with E-state index in [4.69, 9.17) is 0 Å². The summed E-state index contributed by atoms with van der Waals surface area (Å²) in [4.78, 5) is 7.05. The topological polar surface area (TPSA) is 28.2 Å². The number of hydrogen-bond donors (Lipinski definition) is 1. The third kappa shape index (κ3) is 3.02. The summed E-state index contributed by atoms with van der Waals surface area (Å²) in [6, 6.07) is 4.36. The molecule has 0 bridgehead atoms. The summed E-state index contributed by atoms with van der Waals surface area (Å²) in [5, 5.41) is 3.40. The predicted molar refractivity (Wildman–Crippen MR) is 76.9 cm³/mol. The Morgan fingerprint density at radius 2 is 2.22 bits per heavy atom. The van der Waals surface area contributed by atoms with Crippen molar-refractivity contribution in [3.05, 3.63) is 23.9 Å². The van der Waals surface area contributed by atoms with E-state index in [1.807, 2.05) is 6.20 Å². The Balaban J connectivity index is 1.99. The highest BCUT2D eigenvalue weighted by Gasteiger charge is 2.32. The Morgan fingerprint density at radius 1 is 1.39 bits per heavy atom. The first-order valence-corrected chi connectivity index (χ1v) is 7.07. The molecule has 3 heteroatoms. The van der Waals surface area contributed by atoms with Crippen molar-refractivity contribution in [2.24, 2.45) is 0 Å². The highest BCUT2D eigenvalue weighted by molar-refractivity contribution is 5.43. The SMILES string of the molecule is CCCNCc1ccc(N2CCCC2(C)C)nc1. The molecule has 2 rings (SSSR count). The van der Waals surface area contributed by atoms with Crippen LogP contribution in [0.1, 0.15) is 45.6 Å². The van der Waals surface area contributed by atoms with Crippen LogP contribution in [0.5, 0.6) is 0 Å². The normalized spacial score (nSPS) is 18.3. The maximum Gasteiger partial charge on any atom is 0.128 e. The fourth-order valence-corrected chi connectivity index (χ4v) is 2.62. The van der Waals surface area contributed by atoms with E-state index in [1.54, 1.807) is 0 Å². The highest BCUT2D eigenvalue weighted by atomic mass is 15.3. The van der Waals surface area contributed by atoms with E-state index in [9.17, 15) is 0 Å². The molecule has 0 unspecified atom stereocenters. The first kappa shape index (κ1) is 13.3. The molecule has 1 aliphatic heterocycles. The van der Waals surface area contributed by atoms with Crippen LogP contribution in [-0.2, 0) is 6.54 Å². The van der Waals surface area contributed by atoms with Gasteiger partial charge in [-0.2, -0.15) is 0 Å². The van der Waals surface area contributed by atoms with Crippen LogP contribution in [0, 0.1) is 0 Å². The van der Waals surface area contributed by atoms with Crippen LogP contribution in [0.4, 0.5) is 5.82 Å². The number of hydrogen-bond acceptors (Lipinski definition) is 3. The van der Waals surface area contributed by atoms with Crippen LogP contribution in [-0.4, -0.2) is 23.6 Å². The lowest BCUT2D eigenvalue weighted by Gasteiger charge is -2.32. The zero-order valence-corrected chi connectivity index (χ0v) is 11.9. The Labute approximate surface area is 111 Å². The molecule has 0 aliphatic carbocycles. The minimum atomic E-state index is 0.259. The minimum Gasteiger partial charge on any atom is -0.352 e. The molecule has 0 saturated carbocycles. The van der Waals surface area contributed by atoms with Crippen molar-refractivity contribution in [3.63, 3.8) is 0 Å². The molecule has 2 heterocycles. The summed E-state index contributed by atoms with van der Waals surface area (Å²) in [5.41, 5.74) is 1.53. The van der Waals surface area contributed by atoms with E-state index in [2.05, 4.69) is 48.1 Å². The van der Waals surface area contributed by atoms with Crippen molar-refractivity contribution >= 4 is 5.82 Å². The van der Waals surface area contributed by atoms with Crippen LogP contribution in [0.25, 0.3) is 0 Å². The molecule has 1 aliphatic rings. The molecular weight excluding hydrogens is 222 g/mol. The van der Waals surface area contributed by atoms with Crippen molar-refractivity contribution in [1.29, 1.82) is 0 Å². The summed E-state index contributed by atoms with van der Waals surface area (Å²) in [5.74, 6) is 1.12. The fraction of sp³-hybridized carbons (Fsp3) is 0.667. The van der Waals surface area contributed by atoms with Gasteiger partial charge in [-0.15, -0.1) is 0 Å². The molecule has 0 amide bonds. The Bertz CT molecular complexity index is 370. The number of nitrogens with zero attached hydrogens (tertiary/aromatic N) is 2. The van der Waals surface area contributed by atoms with E-state index in [0.717, 1.165) is 25.5 Å². The summed E-state index contributed by atoms with van der Waals surface area (Å²) in [6.45, 7) is 9.92. The monoisotopic (exact) mass is 247 g/mol. The summed E-state index contributed by atoms with van der Waals surface area (Å²) in [7, 11) is 0. The van der Waals surface area contributed by atoms with Crippen LogP contribution in [0.15, 0.2) is 18.3 Å². The summed E-state index contributed by atoms with van der Waals surface area (Å²) >= 11 is 0. The number of nitrogens with one attached hydrogen (secondary N) is 1. The van der Waals surface area contributed by atoms with Gasteiger partial charge in [0.05, 0.1) is 0 Å². The van der Waals surface area contributed by atoms with Crippen molar-refractivity contribution in [1.82, 2.24) is 10.3 Å².